The minimum Gasteiger partial charge on any atom is -0.497 e. The lowest BCUT2D eigenvalue weighted by Gasteiger charge is -2.06. The van der Waals surface area contributed by atoms with Crippen molar-refractivity contribution in [3.8, 4) is 11.4 Å². The maximum Gasteiger partial charge on any atom is 0.120 e. The lowest BCUT2D eigenvalue weighted by molar-refractivity contribution is 0.415. The quantitative estimate of drug-likeness (QED) is 0.647. The third-order valence-electron chi connectivity index (χ3n) is 2.93. The van der Waals surface area contributed by atoms with E-state index >= 15 is 0 Å². The molecular weight excluding hydrogens is 210 g/mol. The van der Waals surface area contributed by atoms with Crippen molar-refractivity contribution < 1.29 is 4.74 Å². The van der Waals surface area contributed by atoms with Crippen molar-refractivity contribution in [1.82, 2.24) is 4.57 Å². The zero-order valence-electron chi connectivity index (χ0n) is 9.63. The van der Waals surface area contributed by atoms with E-state index in [9.17, 15) is 0 Å². The molecule has 0 bridgehead atoms. The van der Waals surface area contributed by atoms with Crippen molar-refractivity contribution in [3.05, 3.63) is 60.8 Å². The second-order valence-electron chi connectivity index (χ2n) is 3.95. The van der Waals surface area contributed by atoms with Crippen LogP contribution < -0.4 is 4.74 Å². The molecule has 0 atom stereocenters. The second kappa shape index (κ2) is 3.98. The Morgan fingerprint density at radius 1 is 0.941 bits per heavy atom. The average Bonchev–Trinajstić information content (AvgIpc) is 2.82. The highest BCUT2D eigenvalue weighted by Gasteiger charge is 2.03. The molecule has 2 nitrogen and oxygen atoms in total. The van der Waals surface area contributed by atoms with Gasteiger partial charge in [-0.05, 0) is 30.3 Å². The van der Waals surface area contributed by atoms with E-state index in [1.165, 1.54) is 5.39 Å². The molecule has 0 fully saturated rings. The first kappa shape index (κ1) is 9.97. The minimum atomic E-state index is 0.883. The van der Waals surface area contributed by atoms with Gasteiger partial charge < -0.3 is 9.30 Å². The smallest absolute Gasteiger partial charge is 0.120 e. The van der Waals surface area contributed by atoms with Crippen LogP contribution in [0.3, 0.4) is 0 Å². The first-order chi connectivity index (χ1) is 8.38. The molecule has 2 aromatic carbocycles. The molecule has 84 valence electrons. The number of ether oxygens (including phenoxy) is 1. The number of fused-ring (bicyclic) bond motifs is 1. The molecule has 1 aromatic heterocycles. The lowest BCUT2D eigenvalue weighted by Crippen LogP contribution is -1.91. The molecule has 0 spiro atoms. The Kier molecular flexibility index (Phi) is 2.33. The molecule has 0 saturated heterocycles. The van der Waals surface area contributed by atoms with Crippen LogP contribution in [0, 0.1) is 0 Å². The van der Waals surface area contributed by atoms with Gasteiger partial charge in [0.05, 0.1) is 12.6 Å². The van der Waals surface area contributed by atoms with Crippen molar-refractivity contribution in [1.29, 1.82) is 0 Å². The lowest BCUT2D eigenvalue weighted by atomic mass is 10.2. The Balaban J connectivity index is 2.23. The topological polar surface area (TPSA) is 14.2 Å². The molecule has 0 aliphatic heterocycles. The summed E-state index contributed by atoms with van der Waals surface area (Å²) >= 11 is 0. The summed E-state index contributed by atoms with van der Waals surface area (Å²) in [5.74, 6) is 0.883. The van der Waals surface area contributed by atoms with Crippen molar-refractivity contribution in [2.75, 3.05) is 7.11 Å². The van der Waals surface area contributed by atoms with Crippen LogP contribution in [-0.4, -0.2) is 11.7 Å². The van der Waals surface area contributed by atoms with Crippen molar-refractivity contribution in [2.24, 2.45) is 0 Å². The molecule has 0 amide bonds. The molecular formula is C15H13NO. The normalized spacial score (nSPS) is 10.6. The van der Waals surface area contributed by atoms with E-state index < -0.39 is 0 Å². The van der Waals surface area contributed by atoms with Gasteiger partial charge in [-0.3, -0.25) is 0 Å². The number of aromatic nitrogens is 1. The summed E-state index contributed by atoms with van der Waals surface area (Å²) in [4.78, 5) is 0. The van der Waals surface area contributed by atoms with Gasteiger partial charge in [0.1, 0.15) is 5.75 Å². The second-order valence-corrected chi connectivity index (χ2v) is 3.95. The molecule has 17 heavy (non-hydrogen) atoms. The fourth-order valence-electron chi connectivity index (χ4n) is 2.05. The van der Waals surface area contributed by atoms with E-state index in [0.29, 0.717) is 0 Å². The van der Waals surface area contributed by atoms with Gasteiger partial charge in [-0.2, -0.15) is 0 Å². The van der Waals surface area contributed by atoms with Crippen molar-refractivity contribution in [2.45, 2.75) is 0 Å². The third-order valence-corrected chi connectivity index (χ3v) is 2.93. The average molecular weight is 223 g/mol. The summed E-state index contributed by atoms with van der Waals surface area (Å²) in [5, 5.41) is 1.22. The zero-order chi connectivity index (χ0) is 11.7. The van der Waals surface area contributed by atoms with Gasteiger partial charge in [0.25, 0.3) is 0 Å². The predicted molar refractivity (Wildman–Crippen MR) is 69.8 cm³/mol. The van der Waals surface area contributed by atoms with Gasteiger partial charge in [0.15, 0.2) is 0 Å². The summed E-state index contributed by atoms with van der Waals surface area (Å²) in [6.45, 7) is 0. The first-order valence-electron chi connectivity index (χ1n) is 5.59. The van der Waals surface area contributed by atoms with E-state index in [4.69, 9.17) is 4.74 Å². The van der Waals surface area contributed by atoms with Gasteiger partial charge in [0, 0.05) is 23.3 Å². The van der Waals surface area contributed by atoms with E-state index in [-0.39, 0.29) is 0 Å². The number of benzene rings is 2. The number of methoxy groups -OCH3 is 1. The molecule has 0 radical (unpaired) electrons. The van der Waals surface area contributed by atoms with Gasteiger partial charge in [-0.1, -0.05) is 18.2 Å². The van der Waals surface area contributed by atoms with Crippen LogP contribution in [0.2, 0.25) is 0 Å². The van der Waals surface area contributed by atoms with Crippen LogP contribution >= 0.6 is 0 Å². The van der Waals surface area contributed by atoms with Crippen molar-refractivity contribution in [3.63, 3.8) is 0 Å². The highest BCUT2D eigenvalue weighted by molar-refractivity contribution is 5.83. The molecule has 0 saturated carbocycles. The molecule has 3 aromatic rings. The molecule has 0 aliphatic rings. The number of nitrogens with zero attached hydrogens (tertiary/aromatic N) is 1. The predicted octanol–water partition coefficient (Wildman–Crippen LogP) is 3.64. The van der Waals surface area contributed by atoms with Gasteiger partial charge in [-0.25, -0.2) is 0 Å². The summed E-state index contributed by atoms with van der Waals surface area (Å²) in [6.07, 6.45) is 2.08. The largest absolute Gasteiger partial charge is 0.497 e. The Labute approximate surface area is 100 Å². The fourth-order valence-corrected chi connectivity index (χ4v) is 2.05. The number of rotatable bonds is 2. The molecule has 0 aliphatic carbocycles. The summed E-state index contributed by atoms with van der Waals surface area (Å²) in [6, 6.07) is 18.5. The van der Waals surface area contributed by atoms with Gasteiger partial charge >= 0.3 is 0 Å². The third kappa shape index (κ3) is 1.68. The number of hydrogen-bond acceptors (Lipinski definition) is 1. The van der Waals surface area contributed by atoms with E-state index in [2.05, 4.69) is 41.1 Å². The van der Waals surface area contributed by atoms with E-state index in [1.54, 1.807) is 7.11 Å². The Morgan fingerprint density at radius 2 is 1.76 bits per heavy atom. The minimum absolute atomic E-state index is 0.883. The van der Waals surface area contributed by atoms with Gasteiger partial charge in [-0.15, -0.1) is 0 Å². The fraction of sp³-hybridized carbons (Fsp3) is 0.0667. The van der Waals surface area contributed by atoms with Crippen LogP contribution in [-0.2, 0) is 0 Å². The van der Waals surface area contributed by atoms with Crippen LogP contribution in [0.25, 0.3) is 16.6 Å². The SMILES string of the molecule is COc1ccc2ccn(-c3ccccc3)c2c1. The maximum absolute atomic E-state index is 5.27. The zero-order valence-corrected chi connectivity index (χ0v) is 9.63. The molecule has 0 unspecified atom stereocenters. The number of para-hydroxylation sites is 1. The Morgan fingerprint density at radius 3 is 2.53 bits per heavy atom. The summed E-state index contributed by atoms with van der Waals surface area (Å²) in [7, 11) is 1.69. The Bertz CT molecular complexity index is 640. The monoisotopic (exact) mass is 223 g/mol. The van der Waals surface area contributed by atoms with Crippen LogP contribution in [0.5, 0.6) is 5.75 Å². The first-order valence-corrected chi connectivity index (χ1v) is 5.59. The van der Waals surface area contributed by atoms with Crippen LogP contribution in [0.1, 0.15) is 0 Å². The summed E-state index contributed by atoms with van der Waals surface area (Å²) in [5.41, 5.74) is 2.33. The maximum atomic E-state index is 5.27. The van der Waals surface area contributed by atoms with E-state index in [1.807, 2.05) is 24.3 Å². The highest BCUT2D eigenvalue weighted by Crippen LogP contribution is 2.24. The molecule has 1 heterocycles. The van der Waals surface area contributed by atoms with Crippen molar-refractivity contribution >= 4 is 10.9 Å². The molecule has 0 N–H and O–H groups in total. The standard InChI is InChI=1S/C15H13NO/c1-17-14-8-7-12-9-10-16(15(12)11-14)13-5-3-2-4-6-13/h2-11H,1H3. The van der Waals surface area contributed by atoms with E-state index in [0.717, 1.165) is 17.0 Å². The van der Waals surface area contributed by atoms with Crippen LogP contribution in [0.4, 0.5) is 0 Å². The number of hydrogen-bond donors (Lipinski definition) is 0. The highest BCUT2D eigenvalue weighted by atomic mass is 16.5. The summed E-state index contributed by atoms with van der Waals surface area (Å²) < 4.78 is 7.43. The molecule has 3 rings (SSSR count). The van der Waals surface area contributed by atoms with Crippen LogP contribution in [0.15, 0.2) is 60.8 Å². The molecule has 2 heteroatoms. The Hall–Kier alpha value is -2.22. The van der Waals surface area contributed by atoms with Gasteiger partial charge in [0.2, 0.25) is 0 Å².